The average Bonchev–Trinajstić information content (AvgIpc) is 2.78. The summed E-state index contributed by atoms with van der Waals surface area (Å²) in [6.07, 6.45) is 1.83. The molecule has 0 spiro atoms. The van der Waals surface area contributed by atoms with E-state index in [4.69, 9.17) is 0 Å². The SMILES string of the molecule is CC(C)CN1C[C@H]2CCN(C(=O)NCCc3ccc(F)cc3)CC[C@H]2S1(=O)=O. The Hall–Kier alpha value is -1.67. The van der Waals surface area contributed by atoms with Crippen molar-refractivity contribution in [3.05, 3.63) is 35.6 Å². The van der Waals surface area contributed by atoms with Gasteiger partial charge in [0.2, 0.25) is 10.0 Å². The van der Waals surface area contributed by atoms with E-state index >= 15 is 0 Å². The molecule has 2 aliphatic rings. The normalized spacial score (nSPS) is 24.8. The first-order valence-corrected chi connectivity index (χ1v) is 11.5. The van der Waals surface area contributed by atoms with E-state index in [-0.39, 0.29) is 23.0 Å². The van der Waals surface area contributed by atoms with Gasteiger partial charge in [0.25, 0.3) is 0 Å². The minimum absolute atomic E-state index is 0.0979. The molecule has 0 saturated carbocycles. The van der Waals surface area contributed by atoms with Gasteiger partial charge in [-0.1, -0.05) is 26.0 Å². The zero-order chi connectivity index (χ0) is 20.3. The van der Waals surface area contributed by atoms with Crippen LogP contribution in [-0.4, -0.2) is 61.6 Å². The Kier molecular flexibility index (Phi) is 6.60. The molecule has 1 aromatic rings. The molecule has 8 heteroatoms. The molecule has 0 bridgehead atoms. The number of likely N-dealkylation sites (tertiary alicyclic amines) is 1. The van der Waals surface area contributed by atoms with Crippen LogP contribution in [0.25, 0.3) is 0 Å². The van der Waals surface area contributed by atoms with Crippen molar-refractivity contribution >= 4 is 16.1 Å². The van der Waals surface area contributed by atoms with Gasteiger partial charge in [0.05, 0.1) is 5.25 Å². The lowest BCUT2D eigenvalue weighted by Crippen LogP contribution is -2.42. The quantitative estimate of drug-likeness (QED) is 0.809. The predicted octanol–water partition coefficient (Wildman–Crippen LogP) is 2.46. The van der Waals surface area contributed by atoms with Crippen molar-refractivity contribution in [2.45, 2.75) is 38.4 Å². The van der Waals surface area contributed by atoms with E-state index in [0.29, 0.717) is 57.9 Å². The van der Waals surface area contributed by atoms with E-state index in [9.17, 15) is 17.6 Å². The Morgan fingerprint density at radius 2 is 1.89 bits per heavy atom. The third kappa shape index (κ3) is 4.84. The summed E-state index contributed by atoms with van der Waals surface area (Å²) in [7, 11) is -3.27. The van der Waals surface area contributed by atoms with Gasteiger partial charge in [-0.2, -0.15) is 0 Å². The summed E-state index contributed by atoms with van der Waals surface area (Å²) < 4.78 is 40.2. The number of benzene rings is 1. The number of rotatable bonds is 5. The summed E-state index contributed by atoms with van der Waals surface area (Å²) >= 11 is 0. The summed E-state index contributed by atoms with van der Waals surface area (Å²) in [5.74, 6) is 0.131. The van der Waals surface area contributed by atoms with Crippen molar-refractivity contribution in [1.82, 2.24) is 14.5 Å². The van der Waals surface area contributed by atoms with Crippen LogP contribution in [-0.2, 0) is 16.4 Å². The monoisotopic (exact) mass is 411 g/mol. The van der Waals surface area contributed by atoms with Crippen LogP contribution in [0.4, 0.5) is 9.18 Å². The lowest BCUT2D eigenvalue weighted by atomic mass is 10.0. The van der Waals surface area contributed by atoms with Crippen LogP contribution < -0.4 is 5.32 Å². The van der Waals surface area contributed by atoms with Crippen molar-refractivity contribution in [2.75, 3.05) is 32.7 Å². The van der Waals surface area contributed by atoms with E-state index in [1.54, 1.807) is 21.3 Å². The lowest BCUT2D eigenvalue weighted by molar-refractivity contribution is 0.198. The van der Waals surface area contributed by atoms with E-state index in [2.05, 4.69) is 5.32 Å². The number of fused-ring (bicyclic) bond motifs is 1. The van der Waals surface area contributed by atoms with Gasteiger partial charge in [-0.3, -0.25) is 0 Å². The van der Waals surface area contributed by atoms with Crippen LogP contribution in [0, 0.1) is 17.7 Å². The largest absolute Gasteiger partial charge is 0.338 e. The number of carbonyl (C=O) groups is 1. The molecule has 0 radical (unpaired) electrons. The smallest absolute Gasteiger partial charge is 0.317 e. The highest BCUT2D eigenvalue weighted by atomic mass is 32.2. The second kappa shape index (κ2) is 8.78. The van der Waals surface area contributed by atoms with Gasteiger partial charge in [-0.15, -0.1) is 0 Å². The number of sulfonamides is 1. The highest BCUT2D eigenvalue weighted by Gasteiger charge is 2.47. The number of hydrogen-bond acceptors (Lipinski definition) is 3. The molecule has 1 N–H and O–H groups in total. The first-order chi connectivity index (χ1) is 13.3. The summed E-state index contributed by atoms with van der Waals surface area (Å²) in [5.41, 5.74) is 0.962. The first-order valence-electron chi connectivity index (χ1n) is 10.0. The Morgan fingerprint density at radius 3 is 2.57 bits per heavy atom. The summed E-state index contributed by atoms with van der Waals surface area (Å²) in [5, 5.41) is 2.53. The van der Waals surface area contributed by atoms with Gasteiger partial charge < -0.3 is 10.2 Å². The molecule has 156 valence electrons. The number of nitrogens with one attached hydrogen (secondary N) is 1. The van der Waals surface area contributed by atoms with Gasteiger partial charge in [0.1, 0.15) is 5.82 Å². The van der Waals surface area contributed by atoms with Crippen LogP contribution in [0.1, 0.15) is 32.3 Å². The van der Waals surface area contributed by atoms with Crippen LogP contribution >= 0.6 is 0 Å². The molecule has 2 heterocycles. The fraction of sp³-hybridized carbons (Fsp3) is 0.650. The van der Waals surface area contributed by atoms with E-state index in [1.807, 2.05) is 13.8 Å². The molecule has 1 aromatic carbocycles. The zero-order valence-corrected chi connectivity index (χ0v) is 17.4. The van der Waals surface area contributed by atoms with Crippen LogP contribution in [0.3, 0.4) is 0 Å². The number of urea groups is 1. The molecule has 2 amide bonds. The number of carbonyl (C=O) groups excluding carboxylic acids is 1. The Bertz CT molecular complexity index is 782. The summed E-state index contributed by atoms with van der Waals surface area (Å²) in [6, 6.07) is 6.09. The number of nitrogens with zero attached hydrogens (tertiary/aromatic N) is 2. The molecular weight excluding hydrogens is 381 g/mol. The molecule has 6 nitrogen and oxygen atoms in total. The molecule has 2 aliphatic heterocycles. The summed E-state index contributed by atoms with van der Waals surface area (Å²) in [4.78, 5) is 14.2. The van der Waals surface area contributed by atoms with Crippen LogP contribution in [0.5, 0.6) is 0 Å². The summed E-state index contributed by atoms with van der Waals surface area (Å²) in [6.45, 7) is 6.71. The standard InChI is InChI=1S/C20H30FN3O3S/c1-15(2)13-24-14-17-8-11-23(12-9-19(17)28(24,26)27)20(25)22-10-7-16-3-5-18(21)6-4-16/h3-6,15,17,19H,7-14H2,1-2H3,(H,22,25)/t17-,19-/m1/s1. The third-order valence-corrected chi connectivity index (χ3v) is 8.02. The van der Waals surface area contributed by atoms with Crippen molar-refractivity contribution in [1.29, 1.82) is 0 Å². The molecule has 2 saturated heterocycles. The Morgan fingerprint density at radius 1 is 1.21 bits per heavy atom. The van der Waals surface area contributed by atoms with Gasteiger partial charge >= 0.3 is 6.03 Å². The predicted molar refractivity (Wildman–Crippen MR) is 107 cm³/mol. The lowest BCUT2D eigenvalue weighted by Gasteiger charge is -2.23. The fourth-order valence-electron chi connectivity index (χ4n) is 4.16. The maximum Gasteiger partial charge on any atom is 0.317 e. The maximum atomic E-state index is 12.9. The molecule has 2 atom stereocenters. The van der Waals surface area contributed by atoms with Crippen molar-refractivity contribution in [2.24, 2.45) is 11.8 Å². The molecule has 0 aliphatic carbocycles. The number of amides is 2. The van der Waals surface area contributed by atoms with Gasteiger partial charge in [0.15, 0.2) is 0 Å². The second-order valence-corrected chi connectivity index (χ2v) is 10.4. The molecule has 3 rings (SSSR count). The van der Waals surface area contributed by atoms with E-state index < -0.39 is 10.0 Å². The molecule has 0 aromatic heterocycles. The minimum atomic E-state index is -3.27. The average molecular weight is 412 g/mol. The van der Waals surface area contributed by atoms with Gasteiger partial charge in [0, 0.05) is 32.7 Å². The zero-order valence-electron chi connectivity index (χ0n) is 16.6. The maximum absolute atomic E-state index is 12.9. The number of hydrogen-bond donors (Lipinski definition) is 1. The van der Waals surface area contributed by atoms with Crippen molar-refractivity contribution < 1.29 is 17.6 Å². The highest BCUT2D eigenvalue weighted by Crippen LogP contribution is 2.34. The second-order valence-electron chi connectivity index (χ2n) is 8.23. The Labute approximate surface area is 167 Å². The molecule has 28 heavy (non-hydrogen) atoms. The third-order valence-electron chi connectivity index (χ3n) is 5.62. The van der Waals surface area contributed by atoms with Gasteiger partial charge in [-0.25, -0.2) is 21.9 Å². The minimum Gasteiger partial charge on any atom is -0.338 e. The van der Waals surface area contributed by atoms with E-state index in [0.717, 1.165) is 5.56 Å². The molecular formula is C20H30FN3O3S. The Balaban J connectivity index is 1.50. The fourth-order valence-corrected chi connectivity index (χ4v) is 6.56. The molecule has 0 unspecified atom stereocenters. The van der Waals surface area contributed by atoms with Gasteiger partial charge in [-0.05, 0) is 48.8 Å². The van der Waals surface area contributed by atoms with Crippen LogP contribution in [0.15, 0.2) is 24.3 Å². The first kappa shape index (κ1) is 21.0. The van der Waals surface area contributed by atoms with Crippen LogP contribution in [0.2, 0.25) is 0 Å². The van der Waals surface area contributed by atoms with Crippen molar-refractivity contribution in [3.63, 3.8) is 0 Å². The number of halogens is 1. The van der Waals surface area contributed by atoms with E-state index in [1.165, 1.54) is 12.1 Å². The topological polar surface area (TPSA) is 69.7 Å². The van der Waals surface area contributed by atoms with Crippen molar-refractivity contribution in [3.8, 4) is 0 Å². The highest BCUT2D eigenvalue weighted by molar-refractivity contribution is 7.90. The molecule has 2 fully saturated rings.